The van der Waals surface area contributed by atoms with Gasteiger partial charge in [-0.05, 0) is 46.4 Å². The zero-order chi connectivity index (χ0) is 27.7. The largest absolute Gasteiger partial charge is 0.570 e. The van der Waals surface area contributed by atoms with Gasteiger partial charge in [-0.15, -0.1) is 20.4 Å². The molecule has 4 aromatic carbocycles. The van der Waals surface area contributed by atoms with Gasteiger partial charge < -0.3 is 17.9 Å². The van der Waals surface area contributed by atoms with E-state index in [0.717, 1.165) is 23.1 Å². The molecule has 0 spiro atoms. The lowest BCUT2D eigenvalue weighted by Crippen LogP contribution is -2.28. The fourth-order valence-corrected chi connectivity index (χ4v) is 4.30. The van der Waals surface area contributed by atoms with Crippen LogP contribution in [-0.2, 0) is 12.8 Å². The molecule has 12 heteroatoms. The number of aliphatic hydroxyl groups is 1. The Kier molecular flexibility index (Phi) is 8.39. The number of hydrazine groups is 1. The van der Waals surface area contributed by atoms with Crippen molar-refractivity contribution in [2.75, 3.05) is 5.12 Å². The van der Waals surface area contributed by atoms with Gasteiger partial charge in [-0.1, -0.05) is 97.1 Å². The lowest BCUT2D eigenvalue weighted by molar-refractivity contribution is -0.357. The minimum absolute atomic E-state index is 0.0581. The molecule has 0 fully saturated rings. The van der Waals surface area contributed by atoms with Crippen molar-refractivity contribution < 1.29 is 14.0 Å². The third-order valence-electron chi connectivity index (χ3n) is 5.42. The zero-order valence-electron chi connectivity index (χ0n) is 20.8. The topological polar surface area (TPSA) is 112 Å². The van der Waals surface area contributed by atoms with E-state index < -0.39 is 0 Å². The Labute approximate surface area is 239 Å². The molecular weight excluding hydrogens is 544 g/mol. The summed E-state index contributed by atoms with van der Waals surface area (Å²) >= 11 is 6.09. The molecule has 0 saturated carbocycles. The van der Waals surface area contributed by atoms with Crippen LogP contribution in [0.5, 0.6) is 0 Å². The highest BCUT2D eigenvalue weighted by Gasteiger charge is 2.27. The molecule has 0 unspecified atom stereocenters. The number of carbonyl (C=O) groups excluding carboxylic acids is 1. The van der Waals surface area contributed by atoms with Crippen LogP contribution >= 0.6 is 11.8 Å². The fourth-order valence-electron chi connectivity index (χ4n) is 3.48. The van der Waals surface area contributed by atoms with Gasteiger partial charge in [0.05, 0.1) is 10.9 Å². The van der Waals surface area contributed by atoms with Gasteiger partial charge in [0.2, 0.25) is 10.3 Å². The molecular formula is C28H22N8O2S2. The lowest BCUT2D eigenvalue weighted by Gasteiger charge is -2.06. The summed E-state index contributed by atoms with van der Waals surface area (Å²) in [7, 11) is 0. The van der Waals surface area contributed by atoms with Crippen molar-refractivity contribution in [3.8, 4) is 5.69 Å². The Morgan fingerprint density at radius 2 is 1.30 bits per heavy atom. The van der Waals surface area contributed by atoms with Crippen molar-refractivity contribution in [1.82, 2.24) is 25.6 Å². The second-order valence-electron chi connectivity index (χ2n) is 8.14. The zero-order valence-corrected chi connectivity index (χ0v) is 22.5. The number of tetrazole rings is 1. The molecule has 0 atom stereocenters. The van der Waals surface area contributed by atoms with Crippen molar-refractivity contribution in [2.45, 2.75) is 5.16 Å². The van der Waals surface area contributed by atoms with Crippen LogP contribution in [-0.4, -0.2) is 34.5 Å². The summed E-state index contributed by atoms with van der Waals surface area (Å²) in [5.41, 5.74) is 5.90. The van der Waals surface area contributed by atoms with E-state index in [1.807, 2.05) is 97.1 Å². The highest BCUT2D eigenvalue weighted by atomic mass is 32.2. The van der Waals surface area contributed by atoms with Gasteiger partial charge in [0, 0.05) is 11.1 Å². The number of carbonyl (C=O) groups is 1. The molecule has 198 valence electrons. The minimum atomic E-state index is -0.0989. The monoisotopic (exact) mass is 566 g/mol. The van der Waals surface area contributed by atoms with Crippen molar-refractivity contribution in [3.05, 3.63) is 138 Å². The van der Waals surface area contributed by atoms with Gasteiger partial charge >= 0.3 is 5.82 Å². The fraction of sp³-hybridized carbons (Fsp3) is 0. The summed E-state index contributed by atoms with van der Waals surface area (Å²) in [5.74, 6) is 0.415. The van der Waals surface area contributed by atoms with E-state index in [1.54, 1.807) is 24.3 Å². The number of rotatable bonds is 5. The van der Waals surface area contributed by atoms with Gasteiger partial charge in [0.1, 0.15) is 0 Å². The molecule has 1 aliphatic rings. The van der Waals surface area contributed by atoms with Crippen molar-refractivity contribution >= 4 is 41.1 Å². The first-order valence-electron chi connectivity index (χ1n) is 12.0. The number of thioether (sulfide) groups is 1. The molecule has 2 heterocycles. The Morgan fingerprint density at radius 3 is 1.90 bits per heavy atom. The van der Waals surface area contributed by atoms with Crippen LogP contribution in [0.25, 0.3) is 11.4 Å². The number of benzene rings is 4. The predicted octanol–water partition coefficient (Wildman–Crippen LogP) is 5.33. The number of hydrogen-bond donors (Lipinski definition) is 2. The molecule has 0 aliphatic carbocycles. The van der Waals surface area contributed by atoms with Crippen LogP contribution in [0.1, 0.15) is 15.9 Å². The smallest absolute Gasteiger partial charge is 0.300 e. The molecule has 0 saturated heterocycles. The standard InChI is InChI=1S/C14H10N4OS.C14H12N4OS/c19-13(11-7-3-1-4-8-11)20-14-15-17-18(16-14)12-9-5-2-6-10-12;19-13(11-7-3-1-4-8-11)14-15-17(16-18(14)20)12-9-5-2-6-10-12/h1-10H;1-10,15,19H. The summed E-state index contributed by atoms with van der Waals surface area (Å²) in [4.78, 5) is 13.4. The van der Waals surface area contributed by atoms with Crippen LogP contribution in [0.3, 0.4) is 0 Å². The lowest BCUT2D eigenvalue weighted by atomic mass is 10.2. The van der Waals surface area contributed by atoms with Crippen LogP contribution < -0.4 is 10.5 Å². The maximum atomic E-state index is 12.0. The Bertz CT molecular complexity index is 1630. The molecule has 5 aromatic rings. The van der Waals surface area contributed by atoms with Crippen molar-refractivity contribution in [3.63, 3.8) is 0 Å². The van der Waals surface area contributed by atoms with Crippen LogP contribution in [0.4, 0.5) is 5.69 Å². The highest BCUT2D eigenvalue weighted by molar-refractivity contribution is 8.14. The van der Waals surface area contributed by atoms with Crippen LogP contribution in [0.2, 0.25) is 0 Å². The maximum absolute atomic E-state index is 12.0. The maximum Gasteiger partial charge on any atom is 0.300 e. The number of nitrogens with zero attached hydrogens (tertiary/aromatic N) is 7. The SMILES string of the molecule is O=C(Sc1nnn(-c2ccccc2)n1)c1ccccc1.OC(=C1NN(c2ccccc2)N=[N+]1[S-])c1ccccc1. The first-order chi connectivity index (χ1) is 19.6. The summed E-state index contributed by atoms with van der Waals surface area (Å²) in [6.07, 6.45) is 0. The third kappa shape index (κ3) is 6.49. The summed E-state index contributed by atoms with van der Waals surface area (Å²) < 4.78 is 1.19. The summed E-state index contributed by atoms with van der Waals surface area (Å²) in [5, 5.41) is 28.2. The van der Waals surface area contributed by atoms with E-state index in [-0.39, 0.29) is 10.9 Å². The van der Waals surface area contributed by atoms with Crippen molar-refractivity contribution in [1.29, 1.82) is 0 Å². The number of anilines is 1. The Morgan fingerprint density at radius 1 is 0.775 bits per heavy atom. The number of nitrogens with one attached hydrogen (secondary N) is 1. The van der Waals surface area contributed by atoms with E-state index in [0.29, 0.717) is 22.1 Å². The first kappa shape index (κ1) is 26.5. The average molecular weight is 567 g/mol. The molecule has 40 heavy (non-hydrogen) atoms. The van der Waals surface area contributed by atoms with Gasteiger partial charge in [0.25, 0.3) is 0 Å². The number of aliphatic hydroxyl groups excluding tert-OH is 1. The highest BCUT2D eigenvalue weighted by Crippen LogP contribution is 2.22. The van der Waals surface area contributed by atoms with Gasteiger partial charge in [-0.2, -0.15) is 0 Å². The molecule has 6 rings (SSSR count). The van der Waals surface area contributed by atoms with Gasteiger partial charge in [-0.3, -0.25) is 4.79 Å². The Hall–Kier alpha value is -5.07. The van der Waals surface area contributed by atoms with E-state index in [1.165, 1.54) is 14.0 Å². The second kappa shape index (κ2) is 12.7. The van der Waals surface area contributed by atoms with Crippen molar-refractivity contribution in [2.24, 2.45) is 5.22 Å². The third-order valence-corrected chi connectivity index (χ3v) is 6.44. The molecule has 10 nitrogen and oxygen atoms in total. The van der Waals surface area contributed by atoms with E-state index in [9.17, 15) is 9.90 Å². The van der Waals surface area contributed by atoms with Gasteiger partial charge in [-0.25, -0.2) is 4.10 Å². The van der Waals surface area contributed by atoms with Crippen LogP contribution in [0, 0.1) is 0 Å². The summed E-state index contributed by atoms with van der Waals surface area (Å²) in [6.45, 7) is 0. The molecule has 0 amide bonds. The number of para-hydroxylation sites is 2. The average Bonchev–Trinajstić information content (AvgIpc) is 3.65. The Balaban J connectivity index is 0.000000161. The number of aromatic nitrogens is 4. The number of hydrogen-bond acceptors (Lipinski definition) is 10. The molecule has 0 bridgehead atoms. The van der Waals surface area contributed by atoms with E-state index in [2.05, 4.69) is 26.1 Å². The minimum Gasteiger partial charge on any atom is -0.570 e. The second-order valence-corrected chi connectivity index (χ2v) is 9.42. The molecule has 2 N–H and O–H groups in total. The summed E-state index contributed by atoms with van der Waals surface area (Å²) in [6, 6.07) is 37.2. The van der Waals surface area contributed by atoms with E-state index >= 15 is 0 Å². The quantitative estimate of drug-likeness (QED) is 0.126. The van der Waals surface area contributed by atoms with E-state index in [4.69, 9.17) is 12.8 Å². The van der Waals surface area contributed by atoms with Gasteiger partial charge in [0.15, 0.2) is 11.4 Å². The van der Waals surface area contributed by atoms with Crippen LogP contribution in [0.15, 0.2) is 138 Å². The normalized spacial score (nSPS) is 13.5. The molecule has 0 radical (unpaired) electrons. The molecule has 1 aromatic heterocycles. The first-order valence-corrected chi connectivity index (χ1v) is 13.2. The predicted molar refractivity (Wildman–Crippen MR) is 154 cm³/mol. The molecule has 1 aliphatic heterocycles.